The van der Waals surface area contributed by atoms with Gasteiger partial charge >= 0.3 is 0 Å². The monoisotopic (exact) mass is 277 g/mol. The topological polar surface area (TPSA) is 50.3 Å². The molecule has 112 valence electrons. The van der Waals surface area contributed by atoms with E-state index in [9.17, 15) is 0 Å². The second-order valence-electron chi connectivity index (χ2n) is 6.18. The first-order valence-corrected chi connectivity index (χ1v) is 7.98. The summed E-state index contributed by atoms with van der Waals surface area (Å²) in [5, 5.41) is 0. The van der Waals surface area contributed by atoms with Crippen molar-refractivity contribution in [3.8, 4) is 0 Å². The maximum absolute atomic E-state index is 6.00. The predicted octanol–water partition coefficient (Wildman–Crippen LogP) is 0.900. The minimum Gasteiger partial charge on any atom is -0.334 e. The molecule has 0 radical (unpaired) electrons. The zero-order chi connectivity index (χ0) is 13.9. The Morgan fingerprint density at radius 1 is 1.25 bits per heavy atom. The van der Waals surface area contributed by atoms with Crippen LogP contribution in [0.4, 0.5) is 0 Å². The Morgan fingerprint density at radius 2 is 2.05 bits per heavy atom. The van der Waals surface area contributed by atoms with Crippen molar-refractivity contribution in [3.05, 3.63) is 18.2 Å². The van der Waals surface area contributed by atoms with Crippen LogP contribution in [-0.2, 0) is 13.1 Å². The largest absolute Gasteiger partial charge is 0.334 e. The van der Waals surface area contributed by atoms with Gasteiger partial charge in [-0.25, -0.2) is 4.98 Å². The minimum absolute atomic E-state index is 0.431. The molecule has 1 aromatic rings. The molecule has 0 aliphatic carbocycles. The van der Waals surface area contributed by atoms with E-state index >= 15 is 0 Å². The van der Waals surface area contributed by atoms with Crippen molar-refractivity contribution in [1.29, 1.82) is 0 Å². The predicted molar refractivity (Wildman–Crippen MR) is 80.4 cm³/mol. The minimum atomic E-state index is 0.431. The fourth-order valence-electron chi connectivity index (χ4n) is 3.52. The Morgan fingerprint density at radius 3 is 2.80 bits per heavy atom. The number of likely N-dealkylation sites (tertiary alicyclic amines) is 2. The molecular weight excluding hydrogens is 250 g/mol. The highest BCUT2D eigenvalue weighted by Gasteiger charge is 2.30. The van der Waals surface area contributed by atoms with E-state index in [0.29, 0.717) is 6.04 Å². The summed E-state index contributed by atoms with van der Waals surface area (Å²) in [7, 11) is 0. The van der Waals surface area contributed by atoms with Crippen LogP contribution in [0.3, 0.4) is 0 Å². The fourth-order valence-corrected chi connectivity index (χ4v) is 3.52. The number of hydrogen-bond donors (Lipinski definition) is 1. The van der Waals surface area contributed by atoms with E-state index in [1.54, 1.807) is 0 Å². The molecule has 0 amide bonds. The van der Waals surface area contributed by atoms with Crippen LogP contribution in [0.2, 0.25) is 0 Å². The number of rotatable bonds is 4. The Kier molecular flexibility index (Phi) is 4.38. The van der Waals surface area contributed by atoms with Crippen molar-refractivity contribution in [1.82, 2.24) is 19.4 Å². The van der Waals surface area contributed by atoms with E-state index in [4.69, 9.17) is 5.73 Å². The van der Waals surface area contributed by atoms with Crippen LogP contribution < -0.4 is 5.73 Å². The molecule has 3 heterocycles. The highest BCUT2D eigenvalue weighted by atomic mass is 15.3. The van der Waals surface area contributed by atoms with Gasteiger partial charge in [-0.05, 0) is 39.3 Å². The third-order valence-corrected chi connectivity index (χ3v) is 4.85. The quantitative estimate of drug-likeness (QED) is 0.888. The van der Waals surface area contributed by atoms with Crippen molar-refractivity contribution >= 4 is 0 Å². The van der Waals surface area contributed by atoms with Crippen LogP contribution >= 0.6 is 0 Å². The van der Waals surface area contributed by atoms with E-state index in [1.807, 2.05) is 6.20 Å². The molecule has 2 aliphatic rings. The van der Waals surface area contributed by atoms with E-state index in [2.05, 4.69) is 32.5 Å². The molecule has 20 heavy (non-hydrogen) atoms. The molecule has 1 aromatic heterocycles. The number of imidazole rings is 1. The van der Waals surface area contributed by atoms with Gasteiger partial charge in [0.25, 0.3) is 0 Å². The molecule has 2 saturated heterocycles. The van der Waals surface area contributed by atoms with Gasteiger partial charge in [0.15, 0.2) is 0 Å². The van der Waals surface area contributed by atoms with Crippen LogP contribution in [0.15, 0.2) is 12.4 Å². The van der Waals surface area contributed by atoms with Gasteiger partial charge in [0.1, 0.15) is 5.82 Å². The molecule has 3 rings (SSSR count). The average Bonchev–Trinajstić information content (AvgIpc) is 3.09. The van der Waals surface area contributed by atoms with E-state index in [1.165, 1.54) is 38.4 Å². The molecule has 1 atom stereocenters. The van der Waals surface area contributed by atoms with Crippen molar-refractivity contribution in [2.45, 2.75) is 51.4 Å². The summed E-state index contributed by atoms with van der Waals surface area (Å²) in [5.74, 6) is 1.20. The molecule has 0 aromatic carbocycles. The summed E-state index contributed by atoms with van der Waals surface area (Å²) in [6.07, 6.45) is 7.61. The summed E-state index contributed by atoms with van der Waals surface area (Å²) in [5.41, 5.74) is 6.00. The van der Waals surface area contributed by atoms with Gasteiger partial charge < -0.3 is 10.3 Å². The highest BCUT2D eigenvalue weighted by Crippen LogP contribution is 2.21. The van der Waals surface area contributed by atoms with Crippen LogP contribution in [0.5, 0.6) is 0 Å². The molecular formula is C15H27N5. The van der Waals surface area contributed by atoms with E-state index < -0.39 is 0 Å². The first-order chi connectivity index (χ1) is 9.76. The molecule has 2 fully saturated rings. The van der Waals surface area contributed by atoms with Gasteiger partial charge in [-0.3, -0.25) is 9.80 Å². The summed E-state index contributed by atoms with van der Waals surface area (Å²) >= 11 is 0. The Bertz CT molecular complexity index is 422. The van der Waals surface area contributed by atoms with Crippen LogP contribution in [0.1, 0.15) is 32.0 Å². The molecule has 1 unspecified atom stereocenters. The summed E-state index contributed by atoms with van der Waals surface area (Å²) in [4.78, 5) is 9.69. The molecule has 2 aliphatic heterocycles. The van der Waals surface area contributed by atoms with Crippen molar-refractivity contribution in [3.63, 3.8) is 0 Å². The maximum Gasteiger partial charge on any atom is 0.122 e. The Labute approximate surface area is 121 Å². The SMILES string of the molecule is CCn1ccnc1CN1CCC(N2CCC(N)CC2)C1. The van der Waals surface area contributed by atoms with Crippen molar-refractivity contribution < 1.29 is 0 Å². The summed E-state index contributed by atoms with van der Waals surface area (Å²) in [6.45, 7) is 8.93. The van der Waals surface area contributed by atoms with Crippen molar-refractivity contribution in [2.24, 2.45) is 5.73 Å². The lowest BCUT2D eigenvalue weighted by Crippen LogP contribution is -2.46. The number of aromatic nitrogens is 2. The number of aryl methyl sites for hydroxylation is 1. The zero-order valence-corrected chi connectivity index (χ0v) is 12.5. The second kappa shape index (κ2) is 6.24. The second-order valence-corrected chi connectivity index (χ2v) is 6.18. The van der Waals surface area contributed by atoms with Crippen LogP contribution in [-0.4, -0.2) is 57.6 Å². The van der Waals surface area contributed by atoms with E-state index in [-0.39, 0.29) is 0 Å². The van der Waals surface area contributed by atoms with Gasteiger partial charge in [-0.2, -0.15) is 0 Å². The van der Waals surface area contributed by atoms with Gasteiger partial charge in [0.05, 0.1) is 6.54 Å². The Hall–Kier alpha value is -0.910. The van der Waals surface area contributed by atoms with Crippen molar-refractivity contribution in [2.75, 3.05) is 26.2 Å². The average molecular weight is 277 g/mol. The fraction of sp³-hybridized carbons (Fsp3) is 0.800. The molecule has 0 saturated carbocycles. The van der Waals surface area contributed by atoms with Gasteiger partial charge in [-0.15, -0.1) is 0 Å². The van der Waals surface area contributed by atoms with Gasteiger partial charge in [-0.1, -0.05) is 0 Å². The summed E-state index contributed by atoms with van der Waals surface area (Å²) < 4.78 is 2.24. The first kappa shape index (κ1) is 14.0. The van der Waals surface area contributed by atoms with Crippen LogP contribution in [0.25, 0.3) is 0 Å². The molecule has 0 bridgehead atoms. The van der Waals surface area contributed by atoms with Crippen LogP contribution in [0, 0.1) is 0 Å². The Balaban J connectivity index is 1.52. The zero-order valence-electron chi connectivity index (χ0n) is 12.5. The number of hydrogen-bond acceptors (Lipinski definition) is 4. The normalized spacial score (nSPS) is 26.4. The number of nitrogens with two attached hydrogens (primary N) is 1. The van der Waals surface area contributed by atoms with Gasteiger partial charge in [0, 0.05) is 44.1 Å². The lowest BCUT2D eigenvalue weighted by atomic mass is 10.0. The lowest BCUT2D eigenvalue weighted by Gasteiger charge is -2.34. The molecule has 2 N–H and O–H groups in total. The van der Waals surface area contributed by atoms with Gasteiger partial charge in [0.2, 0.25) is 0 Å². The first-order valence-electron chi connectivity index (χ1n) is 7.98. The smallest absolute Gasteiger partial charge is 0.122 e. The lowest BCUT2D eigenvalue weighted by molar-refractivity contribution is 0.151. The maximum atomic E-state index is 6.00. The number of nitrogens with zero attached hydrogens (tertiary/aromatic N) is 4. The highest BCUT2D eigenvalue weighted by molar-refractivity contribution is 4.95. The molecule has 0 spiro atoms. The molecule has 5 nitrogen and oxygen atoms in total. The third kappa shape index (κ3) is 3.05. The third-order valence-electron chi connectivity index (χ3n) is 4.85. The van der Waals surface area contributed by atoms with E-state index in [0.717, 1.165) is 32.0 Å². The number of piperidine rings is 1. The standard InChI is InChI=1S/C15H27N5/c1-2-19-10-6-17-15(19)12-18-7-5-14(11-18)20-8-3-13(16)4-9-20/h6,10,13-14H,2-5,7-9,11-12,16H2,1H3. The summed E-state index contributed by atoms with van der Waals surface area (Å²) in [6, 6.07) is 1.16. The molecule has 5 heteroatoms.